The zero-order valence-electron chi connectivity index (χ0n) is 28.5. The molecule has 11 aromatic carbocycles. The summed E-state index contributed by atoms with van der Waals surface area (Å²) in [6, 6.07) is 71.9. The van der Waals surface area contributed by atoms with Gasteiger partial charge < -0.3 is 0 Å². The van der Waals surface area contributed by atoms with E-state index in [9.17, 15) is 0 Å². The Balaban J connectivity index is 0.997. The van der Waals surface area contributed by atoms with Gasteiger partial charge in [0, 0.05) is 0 Å². The highest BCUT2D eigenvalue weighted by atomic mass is 14.2. The van der Waals surface area contributed by atoms with Gasteiger partial charge in [0.2, 0.25) is 0 Å². The molecule has 0 bridgehead atoms. The van der Waals surface area contributed by atoms with Crippen LogP contribution in [0.1, 0.15) is 0 Å². The molecule has 0 amide bonds. The van der Waals surface area contributed by atoms with Gasteiger partial charge in [0.15, 0.2) is 0 Å². The average molecular weight is 657 g/mol. The maximum atomic E-state index is 2.38. The predicted octanol–water partition coefficient (Wildman–Crippen LogP) is 14.8. The van der Waals surface area contributed by atoms with Crippen LogP contribution in [0.2, 0.25) is 0 Å². The van der Waals surface area contributed by atoms with Crippen molar-refractivity contribution in [3.63, 3.8) is 0 Å². The quantitative estimate of drug-likeness (QED) is 0.166. The van der Waals surface area contributed by atoms with E-state index in [1.807, 2.05) is 0 Å². The van der Waals surface area contributed by atoms with Crippen LogP contribution < -0.4 is 0 Å². The lowest BCUT2D eigenvalue weighted by molar-refractivity contribution is 1.66. The van der Waals surface area contributed by atoms with Crippen molar-refractivity contribution in [3.05, 3.63) is 194 Å². The molecule has 0 nitrogen and oxygen atoms in total. The Morgan fingerprint density at radius 3 is 1.33 bits per heavy atom. The summed E-state index contributed by atoms with van der Waals surface area (Å²) in [5.41, 5.74) is 7.49. The summed E-state index contributed by atoms with van der Waals surface area (Å²) in [6.45, 7) is 0. The van der Waals surface area contributed by atoms with E-state index >= 15 is 0 Å². The fourth-order valence-corrected chi connectivity index (χ4v) is 8.60. The monoisotopic (exact) mass is 656 g/mol. The molecule has 240 valence electrons. The Labute approximate surface area is 301 Å². The predicted molar refractivity (Wildman–Crippen MR) is 225 cm³/mol. The molecule has 0 aliphatic carbocycles. The highest BCUT2D eigenvalue weighted by Gasteiger charge is 2.13. The standard InChI is InChI=1S/C52H32/c1-4-12-45-34(9-1)19-26-42-32-51(48-15-7-8-16-49(48)52(42)45)40-25-23-36-27-35(21-22-37(36)28-40)38-20-17-33-18-24-41(30-43(33)29-38)50-31-39-10-2-3-11-44(39)46-13-5-6-14-47(46)50/h1-32H. The minimum atomic E-state index is 1.23. The largest absolute Gasteiger partial charge is 0.0616 e. The summed E-state index contributed by atoms with van der Waals surface area (Å²) < 4.78 is 0. The summed E-state index contributed by atoms with van der Waals surface area (Å²) in [4.78, 5) is 0. The third-order valence-electron chi connectivity index (χ3n) is 11.2. The van der Waals surface area contributed by atoms with Crippen molar-refractivity contribution >= 4 is 75.4 Å². The van der Waals surface area contributed by atoms with Crippen molar-refractivity contribution in [2.24, 2.45) is 0 Å². The van der Waals surface area contributed by atoms with E-state index in [0.717, 1.165) is 0 Å². The van der Waals surface area contributed by atoms with Gasteiger partial charge in [0.05, 0.1) is 0 Å². The van der Waals surface area contributed by atoms with Crippen LogP contribution in [0.25, 0.3) is 109 Å². The molecule has 0 saturated heterocycles. The summed E-state index contributed by atoms with van der Waals surface area (Å²) in [5, 5.41) is 17.9. The molecule has 0 aliphatic heterocycles. The molecule has 0 aromatic heterocycles. The summed E-state index contributed by atoms with van der Waals surface area (Å²) in [7, 11) is 0. The zero-order chi connectivity index (χ0) is 34.2. The topological polar surface area (TPSA) is 0 Å². The minimum absolute atomic E-state index is 1.23. The fraction of sp³-hybridized carbons (Fsp3) is 0. The van der Waals surface area contributed by atoms with Gasteiger partial charge in [-0.25, -0.2) is 0 Å². The Morgan fingerprint density at radius 2 is 0.615 bits per heavy atom. The van der Waals surface area contributed by atoms with E-state index in [4.69, 9.17) is 0 Å². The number of hydrogen-bond acceptors (Lipinski definition) is 0. The number of fused-ring (bicyclic) bond motifs is 10. The van der Waals surface area contributed by atoms with Crippen LogP contribution in [0, 0.1) is 0 Å². The van der Waals surface area contributed by atoms with Crippen LogP contribution in [0.15, 0.2) is 194 Å². The maximum absolute atomic E-state index is 2.38. The van der Waals surface area contributed by atoms with Gasteiger partial charge in [-0.15, -0.1) is 0 Å². The molecule has 0 spiro atoms. The zero-order valence-corrected chi connectivity index (χ0v) is 28.5. The lowest BCUT2D eigenvalue weighted by Crippen LogP contribution is -1.87. The lowest BCUT2D eigenvalue weighted by Gasteiger charge is -2.14. The normalized spacial score (nSPS) is 11.8. The number of rotatable bonds is 3. The Hall–Kier alpha value is -6.76. The van der Waals surface area contributed by atoms with E-state index in [2.05, 4.69) is 194 Å². The van der Waals surface area contributed by atoms with Crippen LogP contribution in [0.5, 0.6) is 0 Å². The Morgan fingerprint density at radius 1 is 0.192 bits per heavy atom. The highest BCUT2D eigenvalue weighted by Crippen LogP contribution is 2.40. The van der Waals surface area contributed by atoms with Crippen molar-refractivity contribution in [3.8, 4) is 33.4 Å². The van der Waals surface area contributed by atoms with Gasteiger partial charge in [0.1, 0.15) is 0 Å². The molecule has 0 atom stereocenters. The molecule has 0 N–H and O–H groups in total. The van der Waals surface area contributed by atoms with Crippen molar-refractivity contribution < 1.29 is 0 Å². The second-order valence-corrected chi connectivity index (χ2v) is 14.1. The molecule has 11 rings (SSSR count). The molecule has 0 aliphatic rings. The van der Waals surface area contributed by atoms with Crippen LogP contribution >= 0.6 is 0 Å². The average Bonchev–Trinajstić information content (AvgIpc) is 3.22. The molecular weight excluding hydrogens is 625 g/mol. The van der Waals surface area contributed by atoms with Gasteiger partial charge in [-0.05, 0) is 145 Å². The first kappa shape index (κ1) is 29.0. The van der Waals surface area contributed by atoms with E-state index in [1.54, 1.807) is 0 Å². The summed E-state index contributed by atoms with van der Waals surface area (Å²) in [5.74, 6) is 0. The second-order valence-electron chi connectivity index (χ2n) is 14.1. The SMILES string of the molecule is c1ccc2c(c1)cc(-c1ccc3ccc(-c4ccc5cc(-c6cc7ccc8ccccc8c7c7ccccc67)ccc5c4)cc3c1)c1ccccc12. The minimum Gasteiger partial charge on any atom is -0.0616 e. The summed E-state index contributed by atoms with van der Waals surface area (Å²) >= 11 is 0. The van der Waals surface area contributed by atoms with Crippen molar-refractivity contribution in [2.45, 2.75) is 0 Å². The molecule has 52 heavy (non-hydrogen) atoms. The van der Waals surface area contributed by atoms with Crippen molar-refractivity contribution in [1.29, 1.82) is 0 Å². The molecule has 0 fully saturated rings. The first-order valence-corrected chi connectivity index (χ1v) is 18.1. The Bertz CT molecular complexity index is 3240. The third kappa shape index (κ3) is 4.55. The molecule has 0 heterocycles. The first-order chi connectivity index (χ1) is 25.7. The highest BCUT2D eigenvalue weighted by molar-refractivity contribution is 6.23. The van der Waals surface area contributed by atoms with E-state index in [1.165, 1.54) is 109 Å². The Kier molecular flexibility index (Phi) is 6.35. The van der Waals surface area contributed by atoms with Crippen molar-refractivity contribution in [2.75, 3.05) is 0 Å². The van der Waals surface area contributed by atoms with Crippen LogP contribution in [-0.4, -0.2) is 0 Å². The van der Waals surface area contributed by atoms with Crippen LogP contribution in [-0.2, 0) is 0 Å². The van der Waals surface area contributed by atoms with Gasteiger partial charge in [-0.2, -0.15) is 0 Å². The lowest BCUT2D eigenvalue weighted by atomic mass is 9.90. The van der Waals surface area contributed by atoms with Gasteiger partial charge >= 0.3 is 0 Å². The van der Waals surface area contributed by atoms with Crippen LogP contribution in [0.3, 0.4) is 0 Å². The van der Waals surface area contributed by atoms with E-state index < -0.39 is 0 Å². The van der Waals surface area contributed by atoms with Gasteiger partial charge in [0.25, 0.3) is 0 Å². The van der Waals surface area contributed by atoms with E-state index in [0.29, 0.717) is 0 Å². The molecular formula is C52H32. The van der Waals surface area contributed by atoms with Gasteiger partial charge in [-0.1, -0.05) is 158 Å². The molecule has 0 unspecified atom stereocenters. The maximum Gasteiger partial charge on any atom is -0.00264 e. The van der Waals surface area contributed by atoms with Crippen LogP contribution in [0.4, 0.5) is 0 Å². The second kappa shape index (κ2) is 11.4. The van der Waals surface area contributed by atoms with E-state index in [-0.39, 0.29) is 0 Å². The third-order valence-corrected chi connectivity index (χ3v) is 11.2. The molecule has 0 saturated carbocycles. The number of hydrogen-bond donors (Lipinski definition) is 0. The molecule has 11 aromatic rings. The fourth-order valence-electron chi connectivity index (χ4n) is 8.60. The molecule has 0 radical (unpaired) electrons. The van der Waals surface area contributed by atoms with Gasteiger partial charge in [-0.3, -0.25) is 0 Å². The number of benzene rings is 11. The molecule has 0 heteroatoms. The summed E-state index contributed by atoms with van der Waals surface area (Å²) in [6.07, 6.45) is 0. The first-order valence-electron chi connectivity index (χ1n) is 18.1. The smallest absolute Gasteiger partial charge is 0.00264 e. The van der Waals surface area contributed by atoms with Crippen molar-refractivity contribution in [1.82, 2.24) is 0 Å².